The van der Waals surface area contributed by atoms with Gasteiger partial charge in [0.2, 0.25) is 11.7 Å². The zero-order valence-electron chi connectivity index (χ0n) is 16.8. The number of hydrogen-bond donors (Lipinski definition) is 0. The Bertz CT molecular complexity index is 998. The molecule has 0 saturated carbocycles. The molecule has 6 nitrogen and oxygen atoms in total. The summed E-state index contributed by atoms with van der Waals surface area (Å²) in [5.41, 5.74) is 3.39. The highest BCUT2D eigenvalue weighted by Gasteiger charge is 2.21. The molecule has 2 aromatic heterocycles. The molecule has 1 aliphatic heterocycles. The first-order valence-corrected chi connectivity index (χ1v) is 10.1. The standard InChI is InChI=1S/C22H25FN4O2/c1-15-13-19(22-24-21(25-29-22)17-7-9-18(23)10-8-17)16(2)27(15)14-20(28)26-11-5-3-4-6-12-26/h7-10,13H,3-6,11-12,14H2,1-2H3. The summed E-state index contributed by atoms with van der Waals surface area (Å²) in [6, 6.07) is 7.94. The van der Waals surface area contributed by atoms with Gasteiger partial charge in [-0.3, -0.25) is 4.79 Å². The Morgan fingerprint density at radius 3 is 2.48 bits per heavy atom. The van der Waals surface area contributed by atoms with Crippen LogP contribution >= 0.6 is 0 Å². The number of carbonyl (C=O) groups excluding carboxylic acids is 1. The number of aromatic nitrogens is 3. The second-order valence-corrected chi connectivity index (χ2v) is 7.60. The van der Waals surface area contributed by atoms with Crippen LogP contribution in [0.25, 0.3) is 22.8 Å². The van der Waals surface area contributed by atoms with Crippen LogP contribution in [0.2, 0.25) is 0 Å². The molecule has 1 aromatic carbocycles. The zero-order valence-corrected chi connectivity index (χ0v) is 16.8. The van der Waals surface area contributed by atoms with Crippen molar-refractivity contribution in [2.24, 2.45) is 0 Å². The van der Waals surface area contributed by atoms with Crippen LogP contribution in [0.1, 0.15) is 37.1 Å². The molecule has 0 radical (unpaired) electrons. The summed E-state index contributed by atoms with van der Waals surface area (Å²) in [5, 5.41) is 4.02. The Kier molecular flexibility index (Phi) is 5.47. The average molecular weight is 396 g/mol. The first-order chi connectivity index (χ1) is 14.0. The zero-order chi connectivity index (χ0) is 20.4. The molecule has 3 aromatic rings. The van der Waals surface area contributed by atoms with Gasteiger partial charge >= 0.3 is 0 Å². The average Bonchev–Trinajstić information content (AvgIpc) is 3.17. The number of benzene rings is 1. The Morgan fingerprint density at radius 2 is 1.79 bits per heavy atom. The molecule has 0 aliphatic carbocycles. The van der Waals surface area contributed by atoms with E-state index in [0.717, 1.165) is 42.9 Å². The second-order valence-electron chi connectivity index (χ2n) is 7.60. The highest BCUT2D eigenvalue weighted by Crippen LogP contribution is 2.28. The van der Waals surface area contributed by atoms with Crippen LogP contribution in [0.15, 0.2) is 34.9 Å². The van der Waals surface area contributed by atoms with Gasteiger partial charge < -0.3 is 14.0 Å². The fraction of sp³-hybridized carbons (Fsp3) is 0.409. The topological polar surface area (TPSA) is 64.2 Å². The predicted octanol–water partition coefficient (Wildman–Crippen LogP) is 4.36. The van der Waals surface area contributed by atoms with Gasteiger partial charge in [0.05, 0.1) is 5.56 Å². The van der Waals surface area contributed by atoms with Gasteiger partial charge in [0.15, 0.2) is 0 Å². The van der Waals surface area contributed by atoms with Crippen LogP contribution in [0.5, 0.6) is 0 Å². The molecule has 0 unspecified atom stereocenters. The maximum atomic E-state index is 13.1. The highest BCUT2D eigenvalue weighted by molar-refractivity contribution is 5.77. The van der Waals surface area contributed by atoms with Gasteiger partial charge in [-0.25, -0.2) is 4.39 Å². The minimum atomic E-state index is -0.310. The molecule has 1 fully saturated rings. The maximum absolute atomic E-state index is 13.1. The summed E-state index contributed by atoms with van der Waals surface area (Å²) >= 11 is 0. The van der Waals surface area contributed by atoms with Gasteiger partial charge in [0, 0.05) is 30.0 Å². The summed E-state index contributed by atoms with van der Waals surface area (Å²) in [7, 11) is 0. The number of rotatable bonds is 4. The van der Waals surface area contributed by atoms with E-state index in [-0.39, 0.29) is 11.7 Å². The van der Waals surface area contributed by atoms with Crippen molar-refractivity contribution in [3.8, 4) is 22.8 Å². The highest BCUT2D eigenvalue weighted by atomic mass is 19.1. The largest absolute Gasteiger partial charge is 0.341 e. The van der Waals surface area contributed by atoms with Crippen molar-refractivity contribution in [1.29, 1.82) is 0 Å². The Morgan fingerprint density at radius 1 is 1.10 bits per heavy atom. The van der Waals surface area contributed by atoms with Crippen molar-refractivity contribution in [1.82, 2.24) is 19.6 Å². The van der Waals surface area contributed by atoms with Crippen LogP contribution in [-0.4, -0.2) is 38.6 Å². The Balaban J connectivity index is 1.56. The monoisotopic (exact) mass is 396 g/mol. The number of nitrogens with zero attached hydrogens (tertiary/aromatic N) is 4. The molecule has 29 heavy (non-hydrogen) atoms. The molecule has 7 heteroatoms. The molecule has 1 saturated heterocycles. The summed E-state index contributed by atoms with van der Waals surface area (Å²) in [6.45, 7) is 5.94. The lowest BCUT2D eigenvalue weighted by molar-refractivity contribution is -0.131. The molecular weight excluding hydrogens is 371 g/mol. The van der Waals surface area contributed by atoms with Crippen molar-refractivity contribution in [3.05, 3.63) is 47.5 Å². The van der Waals surface area contributed by atoms with E-state index < -0.39 is 0 Å². The van der Waals surface area contributed by atoms with E-state index >= 15 is 0 Å². The third-order valence-corrected chi connectivity index (χ3v) is 5.58. The molecule has 1 aliphatic rings. The van der Waals surface area contributed by atoms with Gasteiger partial charge in [-0.2, -0.15) is 4.98 Å². The first kappa shape index (κ1) is 19.4. The number of amides is 1. The van der Waals surface area contributed by atoms with E-state index in [4.69, 9.17) is 4.52 Å². The fourth-order valence-electron chi connectivity index (χ4n) is 3.87. The molecule has 0 bridgehead atoms. The predicted molar refractivity (Wildman–Crippen MR) is 108 cm³/mol. The number of hydrogen-bond acceptors (Lipinski definition) is 4. The van der Waals surface area contributed by atoms with Gasteiger partial charge in [-0.1, -0.05) is 18.0 Å². The van der Waals surface area contributed by atoms with E-state index in [1.165, 1.54) is 25.0 Å². The number of likely N-dealkylation sites (tertiary alicyclic amines) is 1. The van der Waals surface area contributed by atoms with E-state index in [9.17, 15) is 9.18 Å². The molecule has 152 valence electrons. The third kappa shape index (κ3) is 4.09. The molecular formula is C22H25FN4O2. The summed E-state index contributed by atoms with van der Waals surface area (Å²) in [5.74, 6) is 0.643. The number of carbonyl (C=O) groups is 1. The molecule has 4 rings (SSSR count). The summed E-state index contributed by atoms with van der Waals surface area (Å²) in [6.07, 6.45) is 4.55. The van der Waals surface area contributed by atoms with E-state index in [1.807, 2.05) is 29.4 Å². The van der Waals surface area contributed by atoms with Crippen molar-refractivity contribution in [2.75, 3.05) is 13.1 Å². The number of halogens is 1. The minimum Gasteiger partial charge on any atom is -0.341 e. The van der Waals surface area contributed by atoms with Crippen molar-refractivity contribution < 1.29 is 13.7 Å². The fourth-order valence-corrected chi connectivity index (χ4v) is 3.87. The van der Waals surface area contributed by atoms with E-state index in [0.29, 0.717) is 23.8 Å². The van der Waals surface area contributed by atoms with Crippen LogP contribution in [-0.2, 0) is 11.3 Å². The third-order valence-electron chi connectivity index (χ3n) is 5.58. The minimum absolute atomic E-state index is 0.151. The van der Waals surface area contributed by atoms with Gasteiger partial charge in [0.25, 0.3) is 5.89 Å². The van der Waals surface area contributed by atoms with Crippen molar-refractivity contribution in [3.63, 3.8) is 0 Å². The lowest BCUT2D eigenvalue weighted by Gasteiger charge is -2.21. The van der Waals surface area contributed by atoms with Crippen LogP contribution < -0.4 is 0 Å². The molecule has 0 N–H and O–H groups in total. The lowest BCUT2D eigenvalue weighted by atomic mass is 10.2. The van der Waals surface area contributed by atoms with Crippen LogP contribution in [0, 0.1) is 19.7 Å². The van der Waals surface area contributed by atoms with Gasteiger partial charge in [-0.05, 0) is 57.0 Å². The summed E-state index contributed by atoms with van der Waals surface area (Å²) in [4.78, 5) is 19.3. The molecule has 3 heterocycles. The number of aryl methyl sites for hydroxylation is 1. The SMILES string of the molecule is Cc1cc(-c2nc(-c3ccc(F)cc3)no2)c(C)n1CC(=O)N1CCCCCC1. The molecule has 1 amide bonds. The van der Waals surface area contributed by atoms with Gasteiger partial charge in [0.1, 0.15) is 12.4 Å². The molecule has 0 spiro atoms. The Hall–Kier alpha value is -2.96. The normalized spacial score (nSPS) is 14.8. The van der Waals surface area contributed by atoms with Crippen LogP contribution in [0.4, 0.5) is 4.39 Å². The van der Waals surface area contributed by atoms with Crippen LogP contribution in [0.3, 0.4) is 0 Å². The van der Waals surface area contributed by atoms with Crippen molar-refractivity contribution in [2.45, 2.75) is 46.1 Å². The van der Waals surface area contributed by atoms with Crippen molar-refractivity contribution >= 4 is 5.91 Å². The Labute approximate surface area is 169 Å². The van der Waals surface area contributed by atoms with E-state index in [2.05, 4.69) is 10.1 Å². The lowest BCUT2D eigenvalue weighted by Crippen LogP contribution is -2.35. The second kappa shape index (κ2) is 8.19. The molecule has 0 atom stereocenters. The summed E-state index contributed by atoms with van der Waals surface area (Å²) < 4.78 is 20.6. The maximum Gasteiger partial charge on any atom is 0.260 e. The van der Waals surface area contributed by atoms with E-state index in [1.54, 1.807) is 12.1 Å². The smallest absolute Gasteiger partial charge is 0.260 e. The first-order valence-electron chi connectivity index (χ1n) is 10.1. The quantitative estimate of drug-likeness (QED) is 0.657. The van der Waals surface area contributed by atoms with Gasteiger partial charge in [-0.15, -0.1) is 0 Å².